The van der Waals surface area contributed by atoms with Crippen LogP contribution in [0.2, 0.25) is 0 Å². The number of ether oxygens (including phenoxy) is 1. The van der Waals surface area contributed by atoms with Crippen molar-refractivity contribution < 1.29 is 14.6 Å². The Bertz CT molecular complexity index is 346. The molecule has 5 heteroatoms. The Labute approximate surface area is 128 Å². The summed E-state index contributed by atoms with van der Waals surface area (Å²) in [5, 5.41) is 10.2. The van der Waals surface area contributed by atoms with Crippen LogP contribution in [0.3, 0.4) is 0 Å². The van der Waals surface area contributed by atoms with E-state index in [0.717, 1.165) is 45.3 Å². The molecule has 2 saturated heterocycles. The maximum absolute atomic E-state index is 12.1. The number of nitrogens with zero attached hydrogens (tertiary/aromatic N) is 2. The standard InChI is InChI=1S/C16H30N2O3/c1-16(2,3)21-15(20)17-11-8-13(9-12-17)18-10-6-4-5-7-14(18)19/h13-14,19H,4-12H2,1-3H3. The summed E-state index contributed by atoms with van der Waals surface area (Å²) < 4.78 is 5.42. The second kappa shape index (κ2) is 6.97. The van der Waals surface area contributed by atoms with Crippen LogP contribution < -0.4 is 0 Å². The largest absolute Gasteiger partial charge is 0.444 e. The van der Waals surface area contributed by atoms with Gasteiger partial charge >= 0.3 is 6.09 Å². The van der Waals surface area contributed by atoms with Crippen molar-refractivity contribution in [1.82, 2.24) is 9.80 Å². The van der Waals surface area contributed by atoms with E-state index in [1.165, 1.54) is 12.8 Å². The van der Waals surface area contributed by atoms with Gasteiger partial charge in [-0.05, 0) is 52.9 Å². The van der Waals surface area contributed by atoms with E-state index in [1.807, 2.05) is 20.8 Å². The van der Waals surface area contributed by atoms with Crippen LogP contribution in [0.15, 0.2) is 0 Å². The van der Waals surface area contributed by atoms with Crippen LogP contribution in [0.25, 0.3) is 0 Å². The highest BCUT2D eigenvalue weighted by Crippen LogP contribution is 2.24. The number of carbonyl (C=O) groups excluding carboxylic acids is 1. The first-order valence-electron chi connectivity index (χ1n) is 8.28. The molecule has 0 aromatic rings. The molecule has 0 bridgehead atoms. The second-order valence-electron chi connectivity index (χ2n) is 7.27. The third-order valence-electron chi connectivity index (χ3n) is 4.35. The molecule has 1 atom stereocenters. The molecule has 1 N–H and O–H groups in total. The predicted molar refractivity (Wildman–Crippen MR) is 82.0 cm³/mol. The summed E-state index contributed by atoms with van der Waals surface area (Å²) in [4.78, 5) is 16.1. The summed E-state index contributed by atoms with van der Waals surface area (Å²) >= 11 is 0. The number of hydrogen-bond acceptors (Lipinski definition) is 4. The molecule has 1 amide bonds. The van der Waals surface area contributed by atoms with Crippen LogP contribution in [0.1, 0.15) is 59.3 Å². The van der Waals surface area contributed by atoms with Crippen LogP contribution in [0.5, 0.6) is 0 Å². The average Bonchev–Trinajstić information content (AvgIpc) is 2.62. The van der Waals surface area contributed by atoms with Crippen LogP contribution in [0.4, 0.5) is 4.79 Å². The number of piperidine rings is 1. The van der Waals surface area contributed by atoms with Crippen LogP contribution >= 0.6 is 0 Å². The Morgan fingerprint density at radius 2 is 1.71 bits per heavy atom. The topological polar surface area (TPSA) is 53.0 Å². The molecular formula is C16H30N2O3. The highest BCUT2D eigenvalue weighted by Gasteiger charge is 2.32. The maximum atomic E-state index is 12.1. The van der Waals surface area contributed by atoms with E-state index in [9.17, 15) is 9.90 Å². The van der Waals surface area contributed by atoms with Gasteiger partial charge in [0, 0.05) is 25.7 Å². The fraction of sp³-hybridized carbons (Fsp3) is 0.938. The van der Waals surface area contributed by atoms with Gasteiger partial charge < -0.3 is 14.7 Å². The van der Waals surface area contributed by atoms with Gasteiger partial charge in [0.05, 0.1) is 0 Å². The molecule has 2 aliphatic rings. The van der Waals surface area contributed by atoms with Crippen molar-refractivity contribution in [2.24, 2.45) is 0 Å². The zero-order valence-corrected chi connectivity index (χ0v) is 13.7. The van der Waals surface area contributed by atoms with Gasteiger partial charge in [0.1, 0.15) is 11.8 Å². The van der Waals surface area contributed by atoms with Crippen molar-refractivity contribution in [3.05, 3.63) is 0 Å². The third kappa shape index (κ3) is 4.85. The minimum absolute atomic E-state index is 0.211. The Morgan fingerprint density at radius 3 is 2.33 bits per heavy atom. The fourth-order valence-electron chi connectivity index (χ4n) is 3.25. The lowest BCUT2D eigenvalue weighted by Gasteiger charge is -2.40. The number of amides is 1. The maximum Gasteiger partial charge on any atom is 0.410 e. The normalized spacial score (nSPS) is 26.5. The molecule has 2 rings (SSSR count). The first-order chi connectivity index (χ1) is 9.87. The van der Waals surface area contributed by atoms with Gasteiger partial charge in [-0.3, -0.25) is 4.90 Å². The monoisotopic (exact) mass is 298 g/mol. The molecule has 0 radical (unpaired) electrons. The van der Waals surface area contributed by atoms with Crippen molar-refractivity contribution in [1.29, 1.82) is 0 Å². The number of hydrogen-bond donors (Lipinski definition) is 1. The van der Waals surface area contributed by atoms with Gasteiger partial charge in [-0.2, -0.15) is 0 Å². The fourth-order valence-corrected chi connectivity index (χ4v) is 3.25. The van der Waals surface area contributed by atoms with E-state index in [0.29, 0.717) is 6.04 Å². The second-order valence-corrected chi connectivity index (χ2v) is 7.27. The number of aliphatic hydroxyl groups is 1. The number of carbonyl (C=O) groups is 1. The van der Waals surface area contributed by atoms with Gasteiger partial charge in [0.15, 0.2) is 0 Å². The minimum Gasteiger partial charge on any atom is -0.444 e. The molecule has 0 aliphatic carbocycles. The van der Waals surface area contributed by atoms with E-state index in [1.54, 1.807) is 4.90 Å². The zero-order valence-electron chi connectivity index (χ0n) is 13.7. The molecule has 5 nitrogen and oxygen atoms in total. The molecule has 0 saturated carbocycles. The first-order valence-corrected chi connectivity index (χ1v) is 8.28. The Balaban J connectivity index is 1.83. The highest BCUT2D eigenvalue weighted by atomic mass is 16.6. The third-order valence-corrected chi connectivity index (χ3v) is 4.35. The van der Waals surface area contributed by atoms with E-state index in [2.05, 4.69) is 4.90 Å². The van der Waals surface area contributed by atoms with Crippen LogP contribution in [-0.2, 0) is 4.74 Å². The predicted octanol–water partition coefficient (Wildman–Crippen LogP) is 2.58. The van der Waals surface area contributed by atoms with Gasteiger partial charge in [0.2, 0.25) is 0 Å². The quantitative estimate of drug-likeness (QED) is 0.808. The van der Waals surface area contributed by atoms with Crippen molar-refractivity contribution in [2.75, 3.05) is 19.6 Å². The smallest absolute Gasteiger partial charge is 0.410 e. The Kier molecular flexibility index (Phi) is 5.49. The van der Waals surface area contributed by atoms with Crippen molar-refractivity contribution in [2.45, 2.75) is 77.2 Å². The SMILES string of the molecule is CC(C)(C)OC(=O)N1CCC(N2CCCCCC2O)CC1. The summed E-state index contributed by atoms with van der Waals surface area (Å²) in [6.07, 6.45) is 5.73. The summed E-state index contributed by atoms with van der Waals surface area (Å²) in [6, 6.07) is 0.400. The van der Waals surface area contributed by atoms with Crippen LogP contribution in [-0.4, -0.2) is 58.5 Å². The Morgan fingerprint density at radius 1 is 1.05 bits per heavy atom. The van der Waals surface area contributed by atoms with Gasteiger partial charge in [-0.1, -0.05) is 6.42 Å². The number of likely N-dealkylation sites (tertiary alicyclic amines) is 2. The lowest BCUT2D eigenvalue weighted by molar-refractivity contribution is -0.0421. The summed E-state index contributed by atoms with van der Waals surface area (Å²) in [7, 11) is 0. The summed E-state index contributed by atoms with van der Waals surface area (Å²) in [5.41, 5.74) is -0.436. The molecule has 1 unspecified atom stereocenters. The molecule has 2 aliphatic heterocycles. The molecule has 0 aromatic heterocycles. The molecule has 0 spiro atoms. The lowest BCUT2D eigenvalue weighted by Crippen LogP contribution is -2.50. The summed E-state index contributed by atoms with van der Waals surface area (Å²) in [5.74, 6) is 0. The summed E-state index contributed by atoms with van der Waals surface area (Å²) in [6.45, 7) is 8.12. The van der Waals surface area contributed by atoms with E-state index < -0.39 is 5.60 Å². The first kappa shape index (κ1) is 16.6. The van der Waals surface area contributed by atoms with E-state index in [4.69, 9.17) is 4.74 Å². The van der Waals surface area contributed by atoms with E-state index >= 15 is 0 Å². The highest BCUT2D eigenvalue weighted by molar-refractivity contribution is 5.68. The van der Waals surface area contributed by atoms with Crippen molar-refractivity contribution in [3.8, 4) is 0 Å². The molecular weight excluding hydrogens is 268 g/mol. The van der Waals surface area contributed by atoms with Crippen molar-refractivity contribution >= 4 is 6.09 Å². The molecule has 2 fully saturated rings. The minimum atomic E-state index is -0.436. The zero-order chi connectivity index (χ0) is 15.5. The molecule has 21 heavy (non-hydrogen) atoms. The van der Waals surface area contributed by atoms with Gasteiger partial charge in [-0.25, -0.2) is 4.79 Å². The molecule has 2 heterocycles. The Hall–Kier alpha value is -0.810. The van der Waals surface area contributed by atoms with E-state index in [-0.39, 0.29) is 12.3 Å². The number of aliphatic hydroxyl groups excluding tert-OH is 1. The van der Waals surface area contributed by atoms with Crippen molar-refractivity contribution in [3.63, 3.8) is 0 Å². The van der Waals surface area contributed by atoms with Gasteiger partial charge in [-0.15, -0.1) is 0 Å². The molecule has 0 aromatic carbocycles. The molecule has 122 valence electrons. The van der Waals surface area contributed by atoms with Crippen LogP contribution in [0, 0.1) is 0 Å². The number of rotatable bonds is 1. The average molecular weight is 298 g/mol. The lowest BCUT2D eigenvalue weighted by atomic mass is 10.0. The van der Waals surface area contributed by atoms with Gasteiger partial charge in [0.25, 0.3) is 0 Å².